The number of nitrogens with zero attached hydrogens (tertiary/aromatic N) is 4. The number of hydrogen-bond donors (Lipinski definition) is 0. The molecule has 0 aliphatic heterocycles. The molecule has 0 N–H and O–H groups in total. The first-order chi connectivity index (χ1) is 31.7. The highest BCUT2D eigenvalue weighted by atomic mass is 16.3. The van der Waals surface area contributed by atoms with Gasteiger partial charge in [0.05, 0.1) is 33.6 Å². The fourth-order valence-electron chi connectivity index (χ4n) is 9.50. The second kappa shape index (κ2) is 14.5. The molecule has 0 unspecified atom stereocenters. The molecule has 13 aromatic rings. The molecule has 0 spiro atoms. The van der Waals surface area contributed by atoms with Gasteiger partial charge in [-0.15, -0.1) is 0 Å². The highest BCUT2D eigenvalue weighted by molar-refractivity contribution is 6.20. The summed E-state index contributed by atoms with van der Waals surface area (Å²) < 4.78 is 8.66. The number of benzene rings is 9. The van der Waals surface area contributed by atoms with Crippen LogP contribution in [0.1, 0.15) is 0 Å². The first kappa shape index (κ1) is 36.0. The number of rotatable bonds is 6. The summed E-state index contributed by atoms with van der Waals surface area (Å²) in [7, 11) is 0. The second-order valence-corrected chi connectivity index (χ2v) is 16.4. The molecule has 0 saturated carbocycles. The van der Waals surface area contributed by atoms with Gasteiger partial charge in [0, 0.05) is 60.3 Å². The maximum Gasteiger partial charge on any atom is 0.160 e. The average molecular weight is 817 g/mol. The molecule has 0 radical (unpaired) electrons. The van der Waals surface area contributed by atoms with Crippen LogP contribution < -0.4 is 0 Å². The third kappa shape index (κ3) is 5.90. The standard InChI is InChI=1S/C59H36N4O/c1-4-14-39(15-5-1)58-50-34-49-45-20-10-12-22-54(45)63(43-18-8-3-9-19-43)55(49)35-48(50)44-30-28-41(32-53(44)60-58)37-24-26-38(27-25-37)51-36-52(62-59(61-51)40-16-6-2-7-17-40)42-29-31-47-46-21-11-13-23-56(46)64-57(47)33-42/h1-36H. The van der Waals surface area contributed by atoms with Gasteiger partial charge in [0.15, 0.2) is 5.82 Å². The molecule has 298 valence electrons. The Labute approximate surface area is 368 Å². The number of aromatic nitrogens is 4. The molecular weight excluding hydrogens is 781 g/mol. The molecular formula is C59H36N4O. The minimum atomic E-state index is 0.672. The smallest absolute Gasteiger partial charge is 0.160 e. The fraction of sp³-hybridized carbons (Fsp3) is 0. The fourth-order valence-corrected chi connectivity index (χ4v) is 9.50. The number of para-hydroxylation sites is 3. The summed E-state index contributed by atoms with van der Waals surface area (Å²) in [4.78, 5) is 15.7. The number of fused-ring (bicyclic) bond motifs is 9. The quantitative estimate of drug-likeness (QED) is 0.157. The normalized spacial score (nSPS) is 11.8. The molecule has 4 heterocycles. The molecule has 0 aliphatic rings. The number of pyridine rings is 1. The first-order valence-electron chi connectivity index (χ1n) is 21.6. The van der Waals surface area contributed by atoms with Gasteiger partial charge < -0.3 is 8.98 Å². The Hall–Kier alpha value is -8.67. The van der Waals surface area contributed by atoms with Crippen molar-refractivity contribution in [2.24, 2.45) is 0 Å². The van der Waals surface area contributed by atoms with E-state index in [1.807, 2.05) is 36.4 Å². The van der Waals surface area contributed by atoms with Gasteiger partial charge in [-0.1, -0.05) is 158 Å². The third-order valence-electron chi connectivity index (χ3n) is 12.6. The minimum absolute atomic E-state index is 0.672. The van der Waals surface area contributed by atoms with E-state index in [4.69, 9.17) is 19.4 Å². The molecule has 64 heavy (non-hydrogen) atoms. The van der Waals surface area contributed by atoms with E-state index in [0.717, 1.165) is 94.4 Å². The number of hydrogen-bond acceptors (Lipinski definition) is 4. The Morgan fingerprint density at radius 3 is 1.72 bits per heavy atom. The highest BCUT2D eigenvalue weighted by Crippen LogP contribution is 2.41. The van der Waals surface area contributed by atoms with E-state index in [1.54, 1.807) is 0 Å². The first-order valence-corrected chi connectivity index (χ1v) is 21.6. The highest BCUT2D eigenvalue weighted by Gasteiger charge is 2.19. The van der Waals surface area contributed by atoms with Gasteiger partial charge in [-0.25, -0.2) is 15.0 Å². The lowest BCUT2D eigenvalue weighted by molar-refractivity contribution is 0.669. The Kier molecular flexibility index (Phi) is 8.15. The van der Waals surface area contributed by atoms with Crippen molar-refractivity contribution < 1.29 is 4.42 Å². The molecule has 4 aromatic heterocycles. The summed E-state index contributed by atoms with van der Waals surface area (Å²) in [5, 5.41) is 8.05. The molecule has 13 rings (SSSR count). The van der Waals surface area contributed by atoms with E-state index in [1.165, 1.54) is 27.2 Å². The van der Waals surface area contributed by atoms with E-state index in [-0.39, 0.29) is 0 Å². The predicted octanol–water partition coefficient (Wildman–Crippen LogP) is 15.5. The molecule has 0 saturated heterocycles. The summed E-state index contributed by atoms with van der Waals surface area (Å²) in [6.45, 7) is 0. The van der Waals surface area contributed by atoms with Gasteiger partial charge in [0.2, 0.25) is 0 Å². The summed E-state index contributed by atoms with van der Waals surface area (Å²) >= 11 is 0. The van der Waals surface area contributed by atoms with Crippen LogP contribution in [0.5, 0.6) is 0 Å². The van der Waals surface area contributed by atoms with Crippen LogP contribution in [-0.4, -0.2) is 19.5 Å². The van der Waals surface area contributed by atoms with Crippen LogP contribution in [0.3, 0.4) is 0 Å². The van der Waals surface area contributed by atoms with Gasteiger partial charge in [-0.05, 0) is 77.2 Å². The van der Waals surface area contributed by atoms with Crippen molar-refractivity contribution in [2.45, 2.75) is 0 Å². The van der Waals surface area contributed by atoms with Crippen molar-refractivity contribution >= 4 is 65.4 Å². The lowest BCUT2D eigenvalue weighted by Crippen LogP contribution is -1.96. The van der Waals surface area contributed by atoms with Gasteiger partial charge >= 0.3 is 0 Å². The zero-order valence-corrected chi connectivity index (χ0v) is 34.5. The van der Waals surface area contributed by atoms with Crippen LogP contribution in [0.4, 0.5) is 0 Å². The molecule has 5 nitrogen and oxygen atoms in total. The largest absolute Gasteiger partial charge is 0.456 e. The van der Waals surface area contributed by atoms with Crippen LogP contribution in [0.15, 0.2) is 223 Å². The maximum absolute atomic E-state index is 6.28. The van der Waals surface area contributed by atoms with Gasteiger partial charge in [-0.3, -0.25) is 0 Å². The minimum Gasteiger partial charge on any atom is -0.456 e. The maximum atomic E-state index is 6.28. The molecule has 0 atom stereocenters. The summed E-state index contributed by atoms with van der Waals surface area (Å²) in [5.41, 5.74) is 15.0. The van der Waals surface area contributed by atoms with Crippen LogP contribution in [-0.2, 0) is 0 Å². The van der Waals surface area contributed by atoms with Crippen molar-refractivity contribution in [2.75, 3.05) is 0 Å². The lowest BCUT2D eigenvalue weighted by Gasteiger charge is -2.14. The van der Waals surface area contributed by atoms with E-state index in [9.17, 15) is 0 Å². The summed E-state index contributed by atoms with van der Waals surface area (Å²) in [5.74, 6) is 0.672. The van der Waals surface area contributed by atoms with Crippen molar-refractivity contribution in [3.8, 4) is 62.0 Å². The van der Waals surface area contributed by atoms with Gasteiger partial charge in [-0.2, -0.15) is 0 Å². The topological polar surface area (TPSA) is 56.7 Å². The predicted molar refractivity (Wildman–Crippen MR) is 264 cm³/mol. The second-order valence-electron chi connectivity index (χ2n) is 16.4. The zero-order valence-electron chi connectivity index (χ0n) is 34.5. The van der Waals surface area contributed by atoms with E-state index >= 15 is 0 Å². The Balaban J connectivity index is 0.936. The monoisotopic (exact) mass is 816 g/mol. The Morgan fingerprint density at radius 1 is 0.312 bits per heavy atom. The van der Waals surface area contributed by atoms with Crippen LogP contribution in [0, 0.1) is 0 Å². The third-order valence-corrected chi connectivity index (χ3v) is 12.6. The summed E-state index contributed by atoms with van der Waals surface area (Å²) in [6, 6.07) is 76.8. The van der Waals surface area contributed by atoms with Crippen molar-refractivity contribution in [3.63, 3.8) is 0 Å². The van der Waals surface area contributed by atoms with E-state index < -0.39 is 0 Å². The molecule has 0 bridgehead atoms. The van der Waals surface area contributed by atoms with E-state index in [0.29, 0.717) is 5.82 Å². The lowest BCUT2D eigenvalue weighted by atomic mass is 9.95. The average Bonchev–Trinajstić information content (AvgIpc) is 3.91. The van der Waals surface area contributed by atoms with Crippen LogP contribution >= 0.6 is 0 Å². The Morgan fingerprint density at radius 2 is 0.922 bits per heavy atom. The summed E-state index contributed by atoms with van der Waals surface area (Å²) in [6.07, 6.45) is 0. The van der Waals surface area contributed by atoms with E-state index in [2.05, 4.69) is 187 Å². The molecule has 0 aliphatic carbocycles. The molecule has 0 fully saturated rings. The Bertz CT molecular complexity index is 3930. The molecule has 5 heteroatoms. The zero-order chi connectivity index (χ0) is 42.1. The SMILES string of the molecule is c1ccc(-c2nc(-c3ccc(-c4ccc5c(c4)nc(-c4ccccc4)c4cc6c7ccccc7n(-c7ccccc7)c6cc45)cc3)cc(-c3ccc4c(c3)oc3ccccc34)n2)cc1. The van der Waals surface area contributed by atoms with Crippen LogP contribution in [0.25, 0.3) is 127 Å². The molecule has 0 amide bonds. The van der Waals surface area contributed by atoms with Crippen molar-refractivity contribution in [1.29, 1.82) is 0 Å². The number of furan rings is 1. The molecule has 9 aromatic carbocycles. The van der Waals surface area contributed by atoms with Crippen LogP contribution in [0.2, 0.25) is 0 Å². The van der Waals surface area contributed by atoms with Crippen molar-refractivity contribution in [1.82, 2.24) is 19.5 Å². The van der Waals surface area contributed by atoms with Crippen molar-refractivity contribution in [3.05, 3.63) is 218 Å². The van der Waals surface area contributed by atoms with Gasteiger partial charge in [0.1, 0.15) is 11.2 Å². The van der Waals surface area contributed by atoms with Gasteiger partial charge in [0.25, 0.3) is 0 Å².